The van der Waals surface area contributed by atoms with Crippen molar-refractivity contribution in [3.8, 4) is 0 Å². The Labute approximate surface area is 291 Å². The standard InChI is InChI=1S/C41H55NO7/c1-37-15-12-30(43)23-39(37)18-19-41(32(24-39)36(45)33-11-7-22-49-33)34(37)13-16-38(2)35(41)14-17-40(38,46)28-42(20-8-21-47-3)25-31(44)27-48-26-29-9-5-4-6-10-29/h4-7,9-11,18-19,22,24,30-31,34-35,43-44,46H,8,12-17,20-21,23,25-28H2,1-3H3. The summed E-state index contributed by atoms with van der Waals surface area (Å²) in [5, 5.41) is 35.0. The summed E-state index contributed by atoms with van der Waals surface area (Å²) in [6, 6.07) is 13.5. The zero-order valence-electron chi connectivity index (χ0n) is 29.5. The van der Waals surface area contributed by atoms with Gasteiger partial charge in [0.1, 0.15) is 0 Å². The van der Waals surface area contributed by atoms with Crippen LogP contribution in [0.2, 0.25) is 0 Å². The topological polar surface area (TPSA) is 113 Å². The molecule has 0 radical (unpaired) electrons. The lowest BCUT2D eigenvalue weighted by atomic mass is 9.32. The third-order valence-electron chi connectivity index (χ3n) is 13.9. The van der Waals surface area contributed by atoms with Crippen LogP contribution >= 0.6 is 0 Å². The summed E-state index contributed by atoms with van der Waals surface area (Å²) in [6.07, 6.45) is 13.6. The Morgan fingerprint density at radius 2 is 1.78 bits per heavy atom. The average Bonchev–Trinajstić information content (AvgIpc) is 3.71. The zero-order valence-corrected chi connectivity index (χ0v) is 29.5. The molecule has 8 nitrogen and oxygen atoms in total. The highest BCUT2D eigenvalue weighted by Crippen LogP contribution is 2.78. The maximum absolute atomic E-state index is 14.5. The van der Waals surface area contributed by atoms with Crippen LogP contribution in [0.15, 0.2) is 76.9 Å². The van der Waals surface area contributed by atoms with Crippen molar-refractivity contribution in [2.24, 2.45) is 33.5 Å². The van der Waals surface area contributed by atoms with Gasteiger partial charge in [0.2, 0.25) is 5.78 Å². The van der Waals surface area contributed by atoms with Crippen molar-refractivity contribution < 1.29 is 34.0 Å². The minimum absolute atomic E-state index is 0.0482. The number of carbonyl (C=O) groups is 1. The summed E-state index contributed by atoms with van der Waals surface area (Å²) in [7, 11) is 1.70. The van der Waals surface area contributed by atoms with Crippen LogP contribution in [-0.2, 0) is 16.1 Å². The number of aliphatic hydroxyl groups is 3. The van der Waals surface area contributed by atoms with E-state index in [0.29, 0.717) is 51.4 Å². The van der Waals surface area contributed by atoms with E-state index in [1.807, 2.05) is 30.3 Å². The number of fused-ring (bicyclic) bond motifs is 1. The lowest BCUT2D eigenvalue weighted by molar-refractivity contribution is -0.177. The van der Waals surface area contributed by atoms with Gasteiger partial charge in [-0.15, -0.1) is 0 Å². The number of Topliss-reactive ketones (excluding diaryl/α,β-unsaturated/α-hetero) is 1. The first kappa shape index (κ1) is 34.8. The highest BCUT2D eigenvalue weighted by atomic mass is 16.5. The van der Waals surface area contributed by atoms with Crippen LogP contribution in [0.25, 0.3) is 0 Å². The molecule has 49 heavy (non-hydrogen) atoms. The Balaban J connectivity index is 1.17. The van der Waals surface area contributed by atoms with Gasteiger partial charge < -0.3 is 29.2 Å². The molecule has 0 saturated heterocycles. The summed E-state index contributed by atoms with van der Waals surface area (Å²) in [4.78, 5) is 16.7. The van der Waals surface area contributed by atoms with E-state index in [9.17, 15) is 20.1 Å². The largest absolute Gasteiger partial charge is 0.461 e. The lowest BCUT2D eigenvalue weighted by Gasteiger charge is -2.71. The van der Waals surface area contributed by atoms with Crippen molar-refractivity contribution in [3.63, 3.8) is 0 Å². The minimum Gasteiger partial charge on any atom is -0.461 e. The van der Waals surface area contributed by atoms with Crippen molar-refractivity contribution in [2.45, 2.75) is 89.6 Å². The highest BCUT2D eigenvalue weighted by Gasteiger charge is 2.74. The molecule has 0 aliphatic heterocycles. The number of hydrogen-bond donors (Lipinski definition) is 3. The van der Waals surface area contributed by atoms with Gasteiger partial charge in [0, 0.05) is 55.2 Å². The predicted molar refractivity (Wildman–Crippen MR) is 187 cm³/mol. The first-order chi connectivity index (χ1) is 23.5. The Kier molecular flexibility index (Phi) is 9.38. The fourth-order valence-electron chi connectivity index (χ4n) is 11.4. The van der Waals surface area contributed by atoms with Crippen molar-refractivity contribution in [2.75, 3.05) is 40.0 Å². The second-order valence-corrected chi connectivity index (χ2v) is 16.4. The number of methoxy groups -OCH3 is 1. The molecule has 3 fully saturated rings. The van der Waals surface area contributed by atoms with E-state index >= 15 is 0 Å². The Morgan fingerprint density at radius 3 is 2.53 bits per heavy atom. The van der Waals surface area contributed by atoms with Crippen LogP contribution in [0.3, 0.4) is 0 Å². The fourth-order valence-corrected chi connectivity index (χ4v) is 11.4. The van der Waals surface area contributed by atoms with Crippen LogP contribution < -0.4 is 0 Å². The predicted octanol–water partition coefficient (Wildman–Crippen LogP) is 5.97. The van der Waals surface area contributed by atoms with Crippen molar-refractivity contribution >= 4 is 5.78 Å². The van der Waals surface area contributed by atoms with E-state index in [1.54, 1.807) is 25.5 Å². The first-order valence-corrected chi connectivity index (χ1v) is 18.4. The molecule has 8 heteroatoms. The van der Waals surface area contributed by atoms with Crippen LogP contribution in [0.5, 0.6) is 0 Å². The van der Waals surface area contributed by atoms with Gasteiger partial charge in [-0.1, -0.05) is 62.4 Å². The summed E-state index contributed by atoms with van der Waals surface area (Å²) < 4.78 is 17.0. The van der Waals surface area contributed by atoms with Gasteiger partial charge in [-0.05, 0) is 86.3 Å². The molecular weight excluding hydrogens is 618 g/mol. The van der Waals surface area contributed by atoms with E-state index in [1.165, 1.54) is 0 Å². The molecule has 266 valence electrons. The molecule has 2 aromatic rings. The van der Waals surface area contributed by atoms with Gasteiger partial charge in [0.25, 0.3) is 0 Å². The maximum atomic E-state index is 14.5. The quantitative estimate of drug-likeness (QED) is 0.128. The maximum Gasteiger partial charge on any atom is 0.224 e. The molecule has 2 spiro atoms. The number of rotatable bonds is 14. The van der Waals surface area contributed by atoms with Crippen LogP contribution in [0.1, 0.15) is 81.3 Å². The van der Waals surface area contributed by atoms with E-state index in [0.717, 1.165) is 49.7 Å². The lowest BCUT2D eigenvalue weighted by Crippen LogP contribution is -2.67. The molecule has 1 heterocycles. The van der Waals surface area contributed by atoms with Gasteiger partial charge in [0.15, 0.2) is 5.76 Å². The number of hydrogen-bond acceptors (Lipinski definition) is 8. The number of nitrogens with zero attached hydrogens (tertiary/aromatic N) is 1. The second-order valence-electron chi connectivity index (χ2n) is 16.4. The van der Waals surface area contributed by atoms with Crippen LogP contribution in [0.4, 0.5) is 0 Å². The monoisotopic (exact) mass is 673 g/mol. The number of ketones is 1. The molecule has 1 aromatic carbocycles. The summed E-state index contributed by atoms with van der Waals surface area (Å²) in [5.74, 6) is 0.550. The van der Waals surface area contributed by atoms with Gasteiger partial charge in [-0.3, -0.25) is 9.69 Å². The average molecular weight is 674 g/mol. The highest BCUT2D eigenvalue weighted by molar-refractivity contribution is 6.08. The number of ether oxygens (including phenoxy) is 2. The van der Waals surface area contributed by atoms with Gasteiger partial charge >= 0.3 is 0 Å². The molecule has 9 unspecified atom stereocenters. The molecule has 8 rings (SSSR count). The minimum atomic E-state index is -1.02. The molecule has 6 aliphatic carbocycles. The Bertz CT molecular complexity index is 1540. The summed E-state index contributed by atoms with van der Waals surface area (Å²) in [6.45, 7) is 7.41. The number of furan rings is 1. The second kappa shape index (κ2) is 13.2. The van der Waals surface area contributed by atoms with Crippen LogP contribution in [0, 0.1) is 33.5 Å². The number of carbonyl (C=O) groups excluding carboxylic acids is 1. The summed E-state index contributed by atoms with van der Waals surface area (Å²) >= 11 is 0. The van der Waals surface area contributed by atoms with Crippen molar-refractivity contribution in [3.05, 3.63) is 83.9 Å². The van der Waals surface area contributed by atoms with Gasteiger partial charge in [-0.2, -0.15) is 0 Å². The molecule has 9 atom stereocenters. The molecule has 6 aliphatic rings. The normalized spacial score (nSPS) is 38.2. The van der Waals surface area contributed by atoms with E-state index in [4.69, 9.17) is 13.9 Å². The number of allylic oxidation sites excluding steroid dienone is 4. The number of aliphatic hydroxyl groups excluding tert-OH is 2. The molecule has 2 bridgehead atoms. The molecule has 1 aromatic heterocycles. The third kappa shape index (κ3) is 5.62. The van der Waals surface area contributed by atoms with Crippen LogP contribution in [-0.4, -0.2) is 83.8 Å². The molecule has 3 saturated carbocycles. The first-order valence-electron chi connectivity index (χ1n) is 18.4. The van der Waals surface area contributed by atoms with E-state index in [2.05, 4.69) is 37.0 Å². The zero-order chi connectivity index (χ0) is 34.5. The molecular formula is C41H55NO7. The fraction of sp³-hybridized carbons (Fsp3) is 0.634. The molecule has 0 amide bonds. The molecule has 3 N–H and O–H groups in total. The van der Waals surface area contributed by atoms with E-state index in [-0.39, 0.29) is 35.1 Å². The van der Waals surface area contributed by atoms with Crippen molar-refractivity contribution in [1.82, 2.24) is 4.90 Å². The Morgan fingerprint density at radius 1 is 1.02 bits per heavy atom. The number of benzene rings is 1. The van der Waals surface area contributed by atoms with Gasteiger partial charge in [-0.25, -0.2) is 0 Å². The van der Waals surface area contributed by atoms with Gasteiger partial charge in [0.05, 0.1) is 37.3 Å². The smallest absolute Gasteiger partial charge is 0.224 e. The summed E-state index contributed by atoms with van der Waals surface area (Å²) in [5.41, 5.74) is -0.630. The SMILES string of the molecule is COCCCN(CC(O)COCc1ccccc1)CC1(O)CCC2C34C=CC5(C=C3C(=O)c3ccco3)CC(O)CCC5(C)C4CCC21C. The van der Waals surface area contributed by atoms with Crippen molar-refractivity contribution in [1.29, 1.82) is 0 Å². The Hall–Kier alpha value is -2.59. The third-order valence-corrected chi connectivity index (χ3v) is 13.9. The van der Waals surface area contributed by atoms with E-state index < -0.39 is 28.6 Å².